The van der Waals surface area contributed by atoms with Gasteiger partial charge in [-0.05, 0) is 31.1 Å². The predicted molar refractivity (Wildman–Crippen MR) is 63.2 cm³/mol. The van der Waals surface area contributed by atoms with E-state index >= 15 is 0 Å². The molecule has 0 aromatic heterocycles. The summed E-state index contributed by atoms with van der Waals surface area (Å²) in [6.45, 7) is 0.606. The highest BCUT2D eigenvalue weighted by atomic mass is 16.3. The summed E-state index contributed by atoms with van der Waals surface area (Å²) in [5.74, 6) is 0.00202. The molecule has 1 saturated heterocycles. The second kappa shape index (κ2) is 5.17. The SMILES string of the molecule is O=C1CC2(CCCC2)CC(=O)N1CCCCO. The van der Waals surface area contributed by atoms with E-state index in [1.54, 1.807) is 0 Å². The summed E-state index contributed by atoms with van der Waals surface area (Å²) in [5, 5.41) is 8.71. The molecule has 1 heterocycles. The molecule has 1 aliphatic carbocycles. The molecule has 0 bridgehead atoms. The van der Waals surface area contributed by atoms with Gasteiger partial charge in [-0.15, -0.1) is 0 Å². The minimum Gasteiger partial charge on any atom is -0.396 e. The van der Waals surface area contributed by atoms with Crippen LogP contribution in [0.5, 0.6) is 0 Å². The fourth-order valence-corrected chi connectivity index (χ4v) is 3.14. The van der Waals surface area contributed by atoms with Gasteiger partial charge in [0, 0.05) is 26.0 Å². The van der Waals surface area contributed by atoms with Gasteiger partial charge in [-0.3, -0.25) is 14.5 Å². The normalized spacial score (nSPS) is 23.7. The van der Waals surface area contributed by atoms with Crippen LogP contribution in [0.15, 0.2) is 0 Å². The quantitative estimate of drug-likeness (QED) is 0.597. The lowest BCUT2D eigenvalue weighted by Crippen LogP contribution is -2.47. The number of hydrogen-bond acceptors (Lipinski definition) is 3. The monoisotopic (exact) mass is 239 g/mol. The Hall–Kier alpha value is -0.900. The van der Waals surface area contributed by atoms with Crippen LogP contribution in [-0.4, -0.2) is 35.0 Å². The number of imide groups is 1. The van der Waals surface area contributed by atoms with Gasteiger partial charge in [0.25, 0.3) is 0 Å². The van der Waals surface area contributed by atoms with Crippen molar-refractivity contribution < 1.29 is 14.7 Å². The summed E-state index contributed by atoms with van der Waals surface area (Å²) in [6, 6.07) is 0. The average Bonchev–Trinajstić information content (AvgIpc) is 2.70. The molecule has 96 valence electrons. The summed E-state index contributed by atoms with van der Waals surface area (Å²) in [7, 11) is 0. The lowest BCUT2D eigenvalue weighted by atomic mass is 9.76. The van der Waals surface area contributed by atoms with E-state index in [2.05, 4.69) is 0 Å². The largest absolute Gasteiger partial charge is 0.396 e. The van der Waals surface area contributed by atoms with Crippen LogP contribution in [0, 0.1) is 5.41 Å². The first-order chi connectivity index (χ1) is 8.17. The maximum atomic E-state index is 12.0. The molecule has 17 heavy (non-hydrogen) atoms. The Kier molecular flexibility index (Phi) is 3.82. The molecule has 4 nitrogen and oxygen atoms in total. The van der Waals surface area contributed by atoms with Crippen molar-refractivity contribution in [1.82, 2.24) is 4.90 Å². The van der Waals surface area contributed by atoms with Crippen molar-refractivity contribution in [2.75, 3.05) is 13.2 Å². The van der Waals surface area contributed by atoms with Gasteiger partial charge in [-0.2, -0.15) is 0 Å². The number of carbonyl (C=O) groups excluding carboxylic acids is 2. The number of rotatable bonds is 4. The molecule has 4 heteroatoms. The molecular weight excluding hydrogens is 218 g/mol. The Labute approximate surface area is 102 Å². The van der Waals surface area contributed by atoms with E-state index in [-0.39, 0.29) is 23.8 Å². The standard InChI is InChI=1S/C13H21NO3/c15-8-4-3-7-14-11(16)9-13(10-12(14)17)5-1-2-6-13/h15H,1-10H2. The van der Waals surface area contributed by atoms with Crippen LogP contribution in [0.2, 0.25) is 0 Å². The number of hydrogen-bond donors (Lipinski definition) is 1. The summed E-state index contributed by atoms with van der Waals surface area (Å²) in [4.78, 5) is 25.4. The van der Waals surface area contributed by atoms with Crippen molar-refractivity contribution in [2.24, 2.45) is 5.41 Å². The number of aliphatic hydroxyl groups is 1. The van der Waals surface area contributed by atoms with Crippen LogP contribution < -0.4 is 0 Å². The molecule has 0 atom stereocenters. The third kappa shape index (κ3) is 2.68. The molecule has 1 saturated carbocycles. The molecule has 0 radical (unpaired) electrons. The minimum atomic E-state index is 0.00101. The molecule has 1 spiro atoms. The number of nitrogens with zero attached hydrogens (tertiary/aromatic N) is 1. The molecule has 2 rings (SSSR count). The van der Waals surface area contributed by atoms with Gasteiger partial charge >= 0.3 is 0 Å². The predicted octanol–water partition coefficient (Wildman–Crippen LogP) is 1.47. The Balaban J connectivity index is 1.94. The number of unbranched alkanes of at least 4 members (excludes halogenated alkanes) is 1. The molecule has 1 N–H and O–H groups in total. The maximum absolute atomic E-state index is 12.0. The molecule has 2 fully saturated rings. The zero-order valence-corrected chi connectivity index (χ0v) is 10.3. The molecule has 0 aromatic rings. The second-order valence-corrected chi connectivity index (χ2v) is 5.43. The lowest BCUT2D eigenvalue weighted by molar-refractivity contribution is -0.153. The molecule has 0 aromatic carbocycles. The fourth-order valence-electron chi connectivity index (χ4n) is 3.14. The highest BCUT2D eigenvalue weighted by molar-refractivity contribution is 5.98. The number of amides is 2. The third-order valence-electron chi connectivity index (χ3n) is 4.11. The Morgan fingerprint density at radius 3 is 2.18 bits per heavy atom. The van der Waals surface area contributed by atoms with E-state index in [1.807, 2.05) is 0 Å². The van der Waals surface area contributed by atoms with Crippen molar-refractivity contribution in [1.29, 1.82) is 0 Å². The van der Waals surface area contributed by atoms with Gasteiger partial charge in [0.05, 0.1) is 0 Å². The first-order valence-electron chi connectivity index (χ1n) is 6.61. The molecular formula is C13H21NO3. The number of piperidine rings is 1. The zero-order chi connectivity index (χ0) is 12.3. The minimum absolute atomic E-state index is 0.00101. The first-order valence-corrected chi connectivity index (χ1v) is 6.61. The molecule has 2 amide bonds. The van der Waals surface area contributed by atoms with Crippen LogP contribution in [0.3, 0.4) is 0 Å². The second-order valence-electron chi connectivity index (χ2n) is 5.43. The van der Waals surface area contributed by atoms with E-state index in [0.717, 1.165) is 25.7 Å². The van der Waals surface area contributed by atoms with E-state index in [1.165, 1.54) is 4.90 Å². The number of carbonyl (C=O) groups is 2. The maximum Gasteiger partial charge on any atom is 0.229 e. The van der Waals surface area contributed by atoms with Gasteiger partial charge in [0.2, 0.25) is 11.8 Å². The van der Waals surface area contributed by atoms with Gasteiger partial charge < -0.3 is 5.11 Å². The average molecular weight is 239 g/mol. The van der Waals surface area contributed by atoms with E-state index in [0.29, 0.717) is 32.2 Å². The summed E-state index contributed by atoms with van der Waals surface area (Å²) < 4.78 is 0. The third-order valence-corrected chi connectivity index (χ3v) is 4.11. The van der Waals surface area contributed by atoms with Gasteiger partial charge in [0.1, 0.15) is 0 Å². The first kappa shape index (κ1) is 12.6. The topological polar surface area (TPSA) is 57.6 Å². The van der Waals surface area contributed by atoms with Crippen LogP contribution in [-0.2, 0) is 9.59 Å². The van der Waals surface area contributed by atoms with Gasteiger partial charge in [-0.1, -0.05) is 12.8 Å². The Morgan fingerprint density at radius 1 is 1.06 bits per heavy atom. The van der Waals surface area contributed by atoms with Crippen molar-refractivity contribution in [3.8, 4) is 0 Å². The van der Waals surface area contributed by atoms with E-state index < -0.39 is 0 Å². The molecule has 2 aliphatic rings. The van der Waals surface area contributed by atoms with Crippen LogP contribution in [0.1, 0.15) is 51.4 Å². The lowest BCUT2D eigenvalue weighted by Gasteiger charge is -2.37. The highest BCUT2D eigenvalue weighted by Gasteiger charge is 2.44. The summed E-state index contributed by atoms with van der Waals surface area (Å²) in [5.41, 5.74) is 0.00163. The van der Waals surface area contributed by atoms with Gasteiger partial charge in [0.15, 0.2) is 0 Å². The smallest absolute Gasteiger partial charge is 0.229 e. The Morgan fingerprint density at radius 2 is 1.65 bits per heavy atom. The van der Waals surface area contributed by atoms with Crippen LogP contribution in [0.25, 0.3) is 0 Å². The van der Waals surface area contributed by atoms with Crippen LogP contribution in [0.4, 0.5) is 0 Å². The number of likely N-dealkylation sites (tertiary alicyclic amines) is 1. The highest BCUT2D eigenvalue weighted by Crippen LogP contribution is 2.46. The number of aliphatic hydroxyl groups excluding tert-OH is 1. The van der Waals surface area contributed by atoms with E-state index in [9.17, 15) is 9.59 Å². The Bertz CT molecular complexity index is 288. The van der Waals surface area contributed by atoms with E-state index in [4.69, 9.17) is 5.11 Å². The summed E-state index contributed by atoms with van der Waals surface area (Å²) in [6.07, 6.45) is 6.86. The van der Waals surface area contributed by atoms with Crippen molar-refractivity contribution in [2.45, 2.75) is 51.4 Å². The van der Waals surface area contributed by atoms with Crippen molar-refractivity contribution in [3.63, 3.8) is 0 Å². The van der Waals surface area contributed by atoms with Crippen molar-refractivity contribution in [3.05, 3.63) is 0 Å². The van der Waals surface area contributed by atoms with Gasteiger partial charge in [-0.25, -0.2) is 0 Å². The zero-order valence-electron chi connectivity index (χ0n) is 10.3. The molecule has 1 aliphatic heterocycles. The summed E-state index contributed by atoms with van der Waals surface area (Å²) >= 11 is 0. The fraction of sp³-hybridized carbons (Fsp3) is 0.846. The molecule has 0 unspecified atom stereocenters. The van der Waals surface area contributed by atoms with Crippen LogP contribution >= 0.6 is 0 Å². The van der Waals surface area contributed by atoms with Crippen molar-refractivity contribution >= 4 is 11.8 Å².